The van der Waals surface area contributed by atoms with E-state index in [9.17, 15) is 4.79 Å². The Morgan fingerprint density at radius 1 is 1.14 bits per heavy atom. The molecule has 0 unspecified atom stereocenters. The lowest BCUT2D eigenvalue weighted by molar-refractivity contribution is 0.0954. The molecule has 1 saturated carbocycles. The quantitative estimate of drug-likeness (QED) is 0.856. The summed E-state index contributed by atoms with van der Waals surface area (Å²) in [5.41, 5.74) is 1.85. The first-order chi connectivity index (χ1) is 10.3. The molecule has 0 radical (unpaired) electrons. The van der Waals surface area contributed by atoms with Gasteiger partial charge in [-0.25, -0.2) is 4.98 Å². The number of carbonyl (C=O) groups excluding carboxylic acids is 1. The maximum atomic E-state index is 12.3. The van der Waals surface area contributed by atoms with Crippen molar-refractivity contribution in [2.24, 2.45) is 0 Å². The third-order valence-electron chi connectivity index (χ3n) is 3.51. The zero-order valence-electron chi connectivity index (χ0n) is 11.9. The maximum absolute atomic E-state index is 12.3. The molecule has 0 spiro atoms. The molecule has 1 aromatic carbocycles. The van der Waals surface area contributed by atoms with Crippen LogP contribution in [0.15, 0.2) is 48.7 Å². The number of hydrogen-bond donors (Lipinski definition) is 2. The van der Waals surface area contributed by atoms with E-state index < -0.39 is 0 Å². The fourth-order valence-corrected chi connectivity index (χ4v) is 2.18. The average molecular weight is 281 g/mol. The number of rotatable bonds is 6. The van der Waals surface area contributed by atoms with E-state index in [0.29, 0.717) is 24.0 Å². The first-order valence-corrected chi connectivity index (χ1v) is 7.36. The van der Waals surface area contributed by atoms with Crippen molar-refractivity contribution in [3.05, 3.63) is 59.8 Å². The van der Waals surface area contributed by atoms with Gasteiger partial charge in [0.2, 0.25) is 0 Å². The van der Waals surface area contributed by atoms with Gasteiger partial charge in [0, 0.05) is 18.8 Å². The van der Waals surface area contributed by atoms with Gasteiger partial charge in [-0.3, -0.25) is 4.79 Å². The van der Waals surface area contributed by atoms with E-state index in [1.165, 1.54) is 5.56 Å². The number of benzene rings is 1. The van der Waals surface area contributed by atoms with Crippen LogP contribution in [0.1, 0.15) is 28.8 Å². The first-order valence-electron chi connectivity index (χ1n) is 7.36. The van der Waals surface area contributed by atoms with Crippen LogP contribution in [-0.2, 0) is 6.42 Å². The van der Waals surface area contributed by atoms with Crippen molar-refractivity contribution in [1.82, 2.24) is 10.3 Å². The standard InChI is InChI=1S/C17H19N3O/c21-17(19-12-10-13-5-2-1-3-6-13)15-7-4-11-18-16(15)20-14-8-9-14/h1-7,11,14H,8-10,12H2,(H,18,20)(H,19,21). The SMILES string of the molecule is O=C(NCCc1ccccc1)c1cccnc1NC1CC1. The van der Waals surface area contributed by atoms with E-state index in [1.54, 1.807) is 12.3 Å². The summed E-state index contributed by atoms with van der Waals surface area (Å²) in [6.45, 7) is 0.626. The monoisotopic (exact) mass is 281 g/mol. The summed E-state index contributed by atoms with van der Waals surface area (Å²) in [6.07, 6.45) is 4.86. The number of nitrogens with one attached hydrogen (secondary N) is 2. The van der Waals surface area contributed by atoms with Crippen LogP contribution < -0.4 is 10.6 Å². The average Bonchev–Trinajstić information content (AvgIpc) is 3.33. The van der Waals surface area contributed by atoms with Crippen molar-refractivity contribution in [2.45, 2.75) is 25.3 Å². The second-order valence-electron chi connectivity index (χ2n) is 5.31. The molecule has 3 rings (SSSR count). The third-order valence-corrected chi connectivity index (χ3v) is 3.51. The molecule has 2 N–H and O–H groups in total. The van der Waals surface area contributed by atoms with Gasteiger partial charge in [-0.1, -0.05) is 30.3 Å². The predicted octanol–water partition coefficient (Wildman–Crippen LogP) is 2.63. The zero-order valence-corrected chi connectivity index (χ0v) is 11.9. The highest BCUT2D eigenvalue weighted by Gasteiger charge is 2.23. The van der Waals surface area contributed by atoms with Gasteiger partial charge in [0.05, 0.1) is 5.56 Å². The smallest absolute Gasteiger partial charge is 0.255 e. The molecule has 0 atom stereocenters. The minimum Gasteiger partial charge on any atom is -0.367 e. The second kappa shape index (κ2) is 6.39. The molecule has 1 heterocycles. The summed E-state index contributed by atoms with van der Waals surface area (Å²) in [6, 6.07) is 14.2. The minimum atomic E-state index is -0.0674. The van der Waals surface area contributed by atoms with Crippen molar-refractivity contribution in [3.63, 3.8) is 0 Å². The molecule has 1 amide bonds. The molecular weight excluding hydrogens is 262 g/mol. The highest BCUT2D eigenvalue weighted by molar-refractivity contribution is 5.98. The molecule has 1 aliphatic rings. The molecule has 0 aliphatic heterocycles. The van der Waals surface area contributed by atoms with Crippen LogP contribution in [0.5, 0.6) is 0 Å². The summed E-state index contributed by atoms with van der Waals surface area (Å²) >= 11 is 0. The van der Waals surface area contributed by atoms with E-state index in [-0.39, 0.29) is 5.91 Å². The van der Waals surface area contributed by atoms with Crippen molar-refractivity contribution in [3.8, 4) is 0 Å². The Kier molecular flexibility index (Phi) is 4.15. The van der Waals surface area contributed by atoms with Gasteiger partial charge in [-0.2, -0.15) is 0 Å². The first kappa shape index (κ1) is 13.6. The molecule has 1 aliphatic carbocycles. The molecule has 108 valence electrons. The Labute approximate surface area is 124 Å². The third kappa shape index (κ3) is 3.81. The van der Waals surface area contributed by atoms with Gasteiger partial charge in [-0.15, -0.1) is 0 Å². The molecule has 1 aromatic heterocycles. The Bertz CT molecular complexity index is 608. The van der Waals surface area contributed by atoms with Crippen LogP contribution >= 0.6 is 0 Å². The van der Waals surface area contributed by atoms with Gasteiger partial charge < -0.3 is 10.6 Å². The Balaban J connectivity index is 1.57. The van der Waals surface area contributed by atoms with Crippen LogP contribution in [0.4, 0.5) is 5.82 Å². The Morgan fingerprint density at radius 3 is 2.71 bits per heavy atom. The Morgan fingerprint density at radius 2 is 1.95 bits per heavy atom. The molecule has 4 nitrogen and oxygen atoms in total. The topological polar surface area (TPSA) is 54.0 Å². The van der Waals surface area contributed by atoms with E-state index in [0.717, 1.165) is 19.3 Å². The summed E-state index contributed by atoms with van der Waals surface area (Å²) < 4.78 is 0. The number of amides is 1. The Hall–Kier alpha value is -2.36. The number of aromatic nitrogens is 1. The molecule has 21 heavy (non-hydrogen) atoms. The van der Waals surface area contributed by atoms with E-state index >= 15 is 0 Å². The molecule has 0 saturated heterocycles. The van der Waals surface area contributed by atoms with Gasteiger partial charge in [0.15, 0.2) is 0 Å². The lowest BCUT2D eigenvalue weighted by Crippen LogP contribution is -2.27. The fourth-order valence-electron chi connectivity index (χ4n) is 2.18. The molecular formula is C17H19N3O. The summed E-state index contributed by atoms with van der Waals surface area (Å²) in [4.78, 5) is 16.5. The van der Waals surface area contributed by atoms with E-state index in [2.05, 4.69) is 27.8 Å². The molecule has 1 fully saturated rings. The van der Waals surface area contributed by atoms with Crippen LogP contribution in [-0.4, -0.2) is 23.5 Å². The van der Waals surface area contributed by atoms with Gasteiger partial charge >= 0.3 is 0 Å². The van der Waals surface area contributed by atoms with Crippen molar-refractivity contribution in [2.75, 3.05) is 11.9 Å². The van der Waals surface area contributed by atoms with Gasteiger partial charge in [-0.05, 0) is 37.0 Å². The summed E-state index contributed by atoms with van der Waals surface area (Å²) in [7, 11) is 0. The lowest BCUT2D eigenvalue weighted by Gasteiger charge is -2.10. The largest absolute Gasteiger partial charge is 0.367 e. The second-order valence-corrected chi connectivity index (χ2v) is 5.31. The van der Waals surface area contributed by atoms with Crippen LogP contribution in [0.2, 0.25) is 0 Å². The number of nitrogens with zero attached hydrogens (tertiary/aromatic N) is 1. The fraction of sp³-hybridized carbons (Fsp3) is 0.294. The summed E-state index contributed by atoms with van der Waals surface area (Å²) in [5.74, 6) is 0.624. The normalized spacial score (nSPS) is 13.7. The minimum absolute atomic E-state index is 0.0674. The van der Waals surface area contributed by atoms with E-state index in [1.807, 2.05) is 24.3 Å². The number of pyridine rings is 1. The maximum Gasteiger partial charge on any atom is 0.255 e. The zero-order chi connectivity index (χ0) is 14.5. The van der Waals surface area contributed by atoms with Crippen LogP contribution in [0.25, 0.3) is 0 Å². The molecule has 0 bridgehead atoms. The lowest BCUT2D eigenvalue weighted by atomic mass is 10.1. The van der Waals surface area contributed by atoms with E-state index in [4.69, 9.17) is 0 Å². The van der Waals surface area contributed by atoms with Crippen molar-refractivity contribution < 1.29 is 4.79 Å². The van der Waals surface area contributed by atoms with Crippen molar-refractivity contribution >= 4 is 11.7 Å². The number of anilines is 1. The highest BCUT2D eigenvalue weighted by Crippen LogP contribution is 2.25. The summed E-state index contributed by atoms with van der Waals surface area (Å²) in [5, 5.41) is 6.26. The number of carbonyl (C=O) groups is 1. The van der Waals surface area contributed by atoms with Crippen molar-refractivity contribution in [1.29, 1.82) is 0 Å². The van der Waals surface area contributed by atoms with Crippen LogP contribution in [0, 0.1) is 0 Å². The molecule has 2 aromatic rings. The van der Waals surface area contributed by atoms with Crippen LogP contribution in [0.3, 0.4) is 0 Å². The van der Waals surface area contributed by atoms with Gasteiger partial charge in [0.1, 0.15) is 5.82 Å². The van der Waals surface area contributed by atoms with Gasteiger partial charge in [0.25, 0.3) is 5.91 Å². The molecule has 4 heteroatoms. The highest BCUT2D eigenvalue weighted by atomic mass is 16.1. The number of hydrogen-bond acceptors (Lipinski definition) is 3. The predicted molar refractivity (Wildman–Crippen MR) is 83.4 cm³/mol.